The highest BCUT2D eigenvalue weighted by Gasteiger charge is 2.68. The second kappa shape index (κ2) is 8.07. The molecule has 2 aliphatic carbocycles. The molecule has 184 valence electrons. The lowest BCUT2D eigenvalue weighted by Gasteiger charge is -2.61. The number of nitrogens with zero attached hydrogens (tertiary/aromatic N) is 1. The molecule has 3 amide bonds. The molecule has 4 aliphatic rings. The second-order valence-electron chi connectivity index (χ2n) is 10.9. The standard InChI is InChI=1S/C28H33N3O4/c32-21-9-8-20-10-12-26(22(20)17-21)18-27(24(33)29-25(34)30-27)13-14-28(26,35)23-11-16-31(23)15-4-7-19-5-2-1-3-6-19/h1-3,5-6,8-9,17,23,32,35H,4,7,10-16,18H2,(H2,29,30,33,34)/t23-,26-,27+,28-/m1/s1. The quantitative estimate of drug-likeness (QED) is 0.498. The van der Waals surface area contributed by atoms with E-state index in [0.29, 0.717) is 25.7 Å². The van der Waals surface area contributed by atoms with Gasteiger partial charge in [-0.25, -0.2) is 4.79 Å². The third-order valence-electron chi connectivity index (χ3n) is 9.25. The van der Waals surface area contributed by atoms with Crippen LogP contribution in [0.5, 0.6) is 5.75 Å². The maximum absolute atomic E-state index is 12.9. The Balaban J connectivity index is 1.31. The molecule has 2 aromatic rings. The van der Waals surface area contributed by atoms with Gasteiger partial charge in [0.15, 0.2) is 0 Å². The average Bonchev–Trinajstić information content (AvgIpc) is 3.31. The summed E-state index contributed by atoms with van der Waals surface area (Å²) in [6.07, 6.45) is 5.58. The lowest BCUT2D eigenvalue weighted by molar-refractivity contribution is -0.172. The Morgan fingerprint density at radius 3 is 2.60 bits per heavy atom. The number of phenolic OH excluding ortho intramolecular Hbond substituents is 1. The molecule has 4 atom stereocenters. The van der Waals surface area contributed by atoms with Crippen molar-refractivity contribution in [3.05, 3.63) is 65.2 Å². The molecular formula is C28H33N3O4. The molecule has 3 fully saturated rings. The lowest BCUT2D eigenvalue weighted by Crippen LogP contribution is -2.73. The zero-order valence-electron chi connectivity index (χ0n) is 19.9. The summed E-state index contributed by atoms with van der Waals surface area (Å²) in [5, 5.41) is 28.3. The van der Waals surface area contributed by atoms with Crippen molar-refractivity contribution in [2.24, 2.45) is 0 Å². The molecule has 2 aromatic carbocycles. The van der Waals surface area contributed by atoms with Gasteiger partial charge in [-0.2, -0.15) is 0 Å². The van der Waals surface area contributed by atoms with E-state index < -0.39 is 22.6 Å². The van der Waals surface area contributed by atoms with E-state index in [-0.39, 0.29) is 17.7 Å². The van der Waals surface area contributed by atoms with Crippen LogP contribution in [0.2, 0.25) is 0 Å². The number of hydrogen-bond donors (Lipinski definition) is 4. The first kappa shape index (κ1) is 22.6. The van der Waals surface area contributed by atoms with Gasteiger partial charge in [-0.1, -0.05) is 36.4 Å². The maximum Gasteiger partial charge on any atom is 0.322 e. The monoisotopic (exact) mass is 475 g/mol. The zero-order chi connectivity index (χ0) is 24.3. The molecule has 0 unspecified atom stereocenters. The number of imide groups is 1. The Hall–Kier alpha value is -2.90. The number of aromatic hydroxyl groups is 1. The summed E-state index contributed by atoms with van der Waals surface area (Å²) >= 11 is 0. The van der Waals surface area contributed by atoms with Crippen molar-refractivity contribution in [3.63, 3.8) is 0 Å². The van der Waals surface area contributed by atoms with Gasteiger partial charge in [0.1, 0.15) is 11.3 Å². The third-order valence-corrected chi connectivity index (χ3v) is 9.25. The third kappa shape index (κ3) is 3.39. The molecule has 0 aromatic heterocycles. The number of urea groups is 1. The van der Waals surface area contributed by atoms with Crippen molar-refractivity contribution in [1.82, 2.24) is 15.5 Å². The number of nitrogens with one attached hydrogen (secondary N) is 2. The fraction of sp³-hybridized carbons (Fsp3) is 0.500. The van der Waals surface area contributed by atoms with Crippen molar-refractivity contribution in [2.45, 2.75) is 74.0 Å². The van der Waals surface area contributed by atoms with E-state index in [1.165, 1.54) is 5.56 Å². The molecule has 2 saturated heterocycles. The number of fused-ring (bicyclic) bond motifs is 2. The minimum Gasteiger partial charge on any atom is -0.508 e. The first-order valence-corrected chi connectivity index (χ1v) is 12.8. The summed E-state index contributed by atoms with van der Waals surface area (Å²) in [6, 6.07) is 15.4. The highest BCUT2D eigenvalue weighted by molar-refractivity contribution is 6.07. The summed E-state index contributed by atoms with van der Waals surface area (Å²) < 4.78 is 0. The molecule has 2 spiro atoms. The van der Waals surface area contributed by atoms with E-state index in [1.807, 2.05) is 12.1 Å². The van der Waals surface area contributed by atoms with Crippen LogP contribution in [0.4, 0.5) is 4.79 Å². The van der Waals surface area contributed by atoms with E-state index >= 15 is 0 Å². The molecule has 6 rings (SSSR count). The number of rotatable bonds is 5. The number of likely N-dealkylation sites (tertiary alicyclic amines) is 1. The Morgan fingerprint density at radius 1 is 1.06 bits per heavy atom. The van der Waals surface area contributed by atoms with E-state index in [4.69, 9.17) is 0 Å². The van der Waals surface area contributed by atoms with Gasteiger partial charge in [0.05, 0.1) is 5.60 Å². The largest absolute Gasteiger partial charge is 0.508 e. The molecule has 0 bridgehead atoms. The molecule has 2 heterocycles. The zero-order valence-corrected chi connectivity index (χ0v) is 19.9. The Bertz CT molecular complexity index is 1170. The SMILES string of the molecule is O=C1NC(=O)[C@@]2(CC[C@@](O)([C@H]3CCN3CCCc3ccccc3)[C@]3(CCc4ccc(O)cc43)C2)N1. The molecule has 7 heteroatoms. The summed E-state index contributed by atoms with van der Waals surface area (Å²) in [5.74, 6) is -0.133. The highest BCUT2D eigenvalue weighted by Crippen LogP contribution is 2.60. The predicted octanol–water partition coefficient (Wildman–Crippen LogP) is 2.78. The topological polar surface area (TPSA) is 102 Å². The van der Waals surface area contributed by atoms with Crippen LogP contribution in [-0.2, 0) is 23.1 Å². The van der Waals surface area contributed by atoms with Crippen LogP contribution in [0.3, 0.4) is 0 Å². The molecule has 2 aliphatic heterocycles. The Morgan fingerprint density at radius 2 is 1.89 bits per heavy atom. The van der Waals surface area contributed by atoms with Gasteiger partial charge >= 0.3 is 6.03 Å². The van der Waals surface area contributed by atoms with Crippen LogP contribution in [0.25, 0.3) is 0 Å². The van der Waals surface area contributed by atoms with Crippen molar-refractivity contribution in [3.8, 4) is 5.75 Å². The number of carbonyl (C=O) groups excluding carboxylic acids is 2. The first-order valence-electron chi connectivity index (χ1n) is 12.8. The Kier molecular flexibility index (Phi) is 5.20. The molecule has 1 saturated carbocycles. The van der Waals surface area contributed by atoms with Gasteiger partial charge in [0.25, 0.3) is 5.91 Å². The number of hydrogen-bond acceptors (Lipinski definition) is 5. The molecule has 0 radical (unpaired) electrons. The van der Waals surface area contributed by atoms with Gasteiger partial charge in [-0.3, -0.25) is 15.0 Å². The average molecular weight is 476 g/mol. The van der Waals surface area contributed by atoms with Crippen molar-refractivity contribution < 1.29 is 19.8 Å². The van der Waals surface area contributed by atoms with Crippen LogP contribution < -0.4 is 10.6 Å². The van der Waals surface area contributed by atoms with E-state index in [0.717, 1.165) is 49.9 Å². The maximum atomic E-state index is 12.9. The Labute approximate surface area is 205 Å². The summed E-state index contributed by atoms with van der Waals surface area (Å²) in [6.45, 7) is 1.86. The van der Waals surface area contributed by atoms with Crippen LogP contribution in [0, 0.1) is 0 Å². The predicted molar refractivity (Wildman–Crippen MR) is 131 cm³/mol. The first-order chi connectivity index (χ1) is 16.9. The fourth-order valence-electron chi connectivity index (χ4n) is 7.44. The lowest BCUT2D eigenvalue weighted by atomic mass is 9.51. The van der Waals surface area contributed by atoms with E-state index in [1.54, 1.807) is 12.1 Å². The van der Waals surface area contributed by atoms with E-state index in [2.05, 4.69) is 39.8 Å². The normalized spacial score (nSPS) is 34.0. The van der Waals surface area contributed by atoms with Crippen LogP contribution in [0.1, 0.15) is 55.2 Å². The molecule has 7 nitrogen and oxygen atoms in total. The van der Waals surface area contributed by atoms with Gasteiger partial charge in [0, 0.05) is 18.0 Å². The molecule has 4 N–H and O–H groups in total. The minimum absolute atomic E-state index is 0.0101. The van der Waals surface area contributed by atoms with Crippen LogP contribution in [0.15, 0.2) is 48.5 Å². The smallest absolute Gasteiger partial charge is 0.322 e. The van der Waals surface area contributed by atoms with Crippen LogP contribution in [-0.4, -0.2) is 57.3 Å². The van der Waals surface area contributed by atoms with Crippen molar-refractivity contribution in [2.75, 3.05) is 13.1 Å². The number of aliphatic hydroxyl groups is 1. The van der Waals surface area contributed by atoms with E-state index in [9.17, 15) is 19.8 Å². The number of phenols is 1. The van der Waals surface area contributed by atoms with Crippen molar-refractivity contribution >= 4 is 11.9 Å². The highest BCUT2D eigenvalue weighted by atomic mass is 16.3. The molecular weight excluding hydrogens is 442 g/mol. The fourth-order valence-corrected chi connectivity index (χ4v) is 7.44. The summed E-state index contributed by atoms with van der Waals surface area (Å²) in [7, 11) is 0. The number of carbonyl (C=O) groups is 2. The number of amides is 3. The summed E-state index contributed by atoms with van der Waals surface area (Å²) in [5.41, 5.74) is 0.593. The van der Waals surface area contributed by atoms with Crippen molar-refractivity contribution in [1.29, 1.82) is 0 Å². The van der Waals surface area contributed by atoms with Gasteiger partial charge in [-0.05, 0) is 86.7 Å². The van der Waals surface area contributed by atoms with Gasteiger partial charge in [0.2, 0.25) is 0 Å². The van der Waals surface area contributed by atoms with Crippen LogP contribution >= 0.6 is 0 Å². The summed E-state index contributed by atoms with van der Waals surface area (Å²) in [4.78, 5) is 27.5. The van der Waals surface area contributed by atoms with Gasteiger partial charge < -0.3 is 15.5 Å². The number of aryl methyl sites for hydroxylation is 2. The van der Waals surface area contributed by atoms with Gasteiger partial charge in [-0.15, -0.1) is 0 Å². The number of benzene rings is 2. The second-order valence-corrected chi connectivity index (χ2v) is 10.9. The molecule has 35 heavy (non-hydrogen) atoms. The minimum atomic E-state index is -1.05.